The number of hydrogen-bond acceptors (Lipinski definition) is 3. The third-order valence-electron chi connectivity index (χ3n) is 3.65. The van der Waals surface area contributed by atoms with Gasteiger partial charge < -0.3 is 14.5 Å². The second-order valence-electron chi connectivity index (χ2n) is 5.16. The highest BCUT2D eigenvalue weighted by Gasteiger charge is 2.42. The molecule has 1 saturated heterocycles. The number of ether oxygens (including phenoxy) is 1. The fraction of sp³-hybridized carbons (Fsp3) is 0.467. The number of hydrogen-bond donors (Lipinski definition) is 0. The Morgan fingerprint density at radius 3 is 2.13 bits per heavy atom. The Morgan fingerprint density at radius 1 is 1.00 bits per heavy atom. The number of nitrogens with zero attached hydrogens (tertiary/aromatic N) is 2. The molecule has 0 aromatic heterocycles. The fourth-order valence-electron chi connectivity index (χ4n) is 2.42. The average molecular weight is 330 g/mol. The summed E-state index contributed by atoms with van der Waals surface area (Å²) < 4.78 is 42.4. The molecule has 126 valence electrons. The lowest BCUT2D eigenvalue weighted by Crippen LogP contribution is -2.43. The first-order valence-electron chi connectivity index (χ1n) is 7.12. The molecule has 1 aliphatic rings. The molecule has 1 aromatic rings. The average Bonchev–Trinajstić information content (AvgIpc) is 2.78. The van der Waals surface area contributed by atoms with E-state index in [1.165, 1.54) is 12.0 Å². The Balaban J connectivity index is 2.02. The molecule has 1 heterocycles. The van der Waals surface area contributed by atoms with Crippen molar-refractivity contribution in [2.45, 2.75) is 12.6 Å². The topological polar surface area (TPSA) is 49.9 Å². The Bertz CT molecular complexity index is 572. The van der Waals surface area contributed by atoms with Crippen LogP contribution in [0.4, 0.5) is 13.2 Å². The standard InChI is InChI=1S/C15H17F3N2O3/c1-23-12-5-3-11(4-6-12)13(21)19-7-2-8-20(10-9-19)14(22)15(16,17)18/h3-6H,2,7-10H2,1H3. The second-order valence-corrected chi connectivity index (χ2v) is 5.16. The minimum Gasteiger partial charge on any atom is -0.497 e. The quantitative estimate of drug-likeness (QED) is 0.833. The molecule has 8 heteroatoms. The van der Waals surface area contributed by atoms with Gasteiger partial charge in [0.1, 0.15) is 5.75 Å². The summed E-state index contributed by atoms with van der Waals surface area (Å²) in [6.07, 6.45) is -4.57. The number of methoxy groups -OCH3 is 1. The van der Waals surface area contributed by atoms with Crippen LogP contribution < -0.4 is 4.74 Å². The molecule has 1 fully saturated rings. The van der Waals surface area contributed by atoms with E-state index in [0.717, 1.165) is 4.90 Å². The van der Waals surface area contributed by atoms with Crippen LogP contribution in [0.25, 0.3) is 0 Å². The third kappa shape index (κ3) is 4.14. The van der Waals surface area contributed by atoms with Gasteiger partial charge in [-0.25, -0.2) is 0 Å². The number of carbonyl (C=O) groups is 2. The molecule has 0 radical (unpaired) electrons. The molecule has 23 heavy (non-hydrogen) atoms. The van der Waals surface area contributed by atoms with E-state index in [1.807, 2.05) is 0 Å². The van der Waals surface area contributed by atoms with E-state index in [-0.39, 0.29) is 25.5 Å². The summed E-state index contributed by atoms with van der Waals surface area (Å²) >= 11 is 0. The number of benzene rings is 1. The van der Waals surface area contributed by atoms with Crippen LogP contribution in [0.15, 0.2) is 24.3 Å². The molecule has 5 nitrogen and oxygen atoms in total. The molecule has 2 amide bonds. The highest BCUT2D eigenvalue weighted by Crippen LogP contribution is 2.20. The maximum absolute atomic E-state index is 12.5. The minimum absolute atomic E-state index is 0.00919. The van der Waals surface area contributed by atoms with Crippen LogP contribution in [0.5, 0.6) is 5.75 Å². The fourth-order valence-corrected chi connectivity index (χ4v) is 2.42. The number of amides is 2. The summed E-state index contributed by atoms with van der Waals surface area (Å²) in [5, 5.41) is 0. The first-order valence-corrected chi connectivity index (χ1v) is 7.12. The lowest BCUT2D eigenvalue weighted by molar-refractivity contribution is -0.185. The molecule has 0 atom stereocenters. The van der Waals surface area contributed by atoms with Gasteiger partial charge in [0, 0.05) is 31.7 Å². The summed E-state index contributed by atoms with van der Waals surface area (Å²) in [5.74, 6) is -1.51. The first kappa shape index (κ1) is 17.1. The third-order valence-corrected chi connectivity index (χ3v) is 3.65. The van der Waals surface area contributed by atoms with Gasteiger partial charge >= 0.3 is 12.1 Å². The minimum atomic E-state index is -4.88. The molecule has 0 bridgehead atoms. The maximum Gasteiger partial charge on any atom is 0.471 e. The Hall–Kier alpha value is -2.25. The normalized spacial score (nSPS) is 16.0. The van der Waals surface area contributed by atoms with Crippen molar-refractivity contribution in [1.29, 1.82) is 0 Å². The van der Waals surface area contributed by atoms with Crippen molar-refractivity contribution in [2.75, 3.05) is 33.3 Å². The van der Waals surface area contributed by atoms with E-state index in [2.05, 4.69) is 0 Å². The Kier molecular flexibility index (Phi) is 5.12. The van der Waals surface area contributed by atoms with Crippen molar-refractivity contribution < 1.29 is 27.5 Å². The highest BCUT2D eigenvalue weighted by molar-refractivity contribution is 5.94. The van der Waals surface area contributed by atoms with Gasteiger partial charge in [0.15, 0.2) is 0 Å². The van der Waals surface area contributed by atoms with E-state index < -0.39 is 12.1 Å². The van der Waals surface area contributed by atoms with Gasteiger partial charge in [-0.1, -0.05) is 0 Å². The van der Waals surface area contributed by atoms with E-state index in [1.54, 1.807) is 24.3 Å². The van der Waals surface area contributed by atoms with Crippen molar-refractivity contribution in [1.82, 2.24) is 9.80 Å². The summed E-state index contributed by atoms with van der Waals surface area (Å²) in [6.45, 7) is 0.254. The van der Waals surface area contributed by atoms with Crippen molar-refractivity contribution in [3.63, 3.8) is 0 Å². The van der Waals surface area contributed by atoms with Gasteiger partial charge in [-0.3, -0.25) is 9.59 Å². The van der Waals surface area contributed by atoms with Crippen LogP contribution in [-0.2, 0) is 4.79 Å². The lowest BCUT2D eigenvalue weighted by atomic mass is 10.2. The summed E-state index contributed by atoms with van der Waals surface area (Å²) in [5.41, 5.74) is 0.432. The summed E-state index contributed by atoms with van der Waals surface area (Å²) in [6, 6.07) is 6.49. The summed E-state index contributed by atoms with van der Waals surface area (Å²) in [4.78, 5) is 25.9. The largest absolute Gasteiger partial charge is 0.497 e. The van der Waals surface area contributed by atoms with Crippen molar-refractivity contribution in [3.8, 4) is 5.75 Å². The molecular formula is C15H17F3N2O3. The molecule has 0 saturated carbocycles. The zero-order chi connectivity index (χ0) is 17.0. The number of halogens is 3. The predicted octanol–water partition coefficient (Wildman–Crippen LogP) is 1.93. The molecule has 0 aliphatic carbocycles. The summed E-state index contributed by atoms with van der Waals surface area (Å²) in [7, 11) is 1.51. The zero-order valence-electron chi connectivity index (χ0n) is 12.6. The maximum atomic E-state index is 12.5. The number of carbonyl (C=O) groups excluding carboxylic acids is 2. The molecule has 1 aromatic carbocycles. The molecule has 0 unspecified atom stereocenters. The Labute approximate surface area is 131 Å². The molecule has 0 spiro atoms. The van der Waals surface area contributed by atoms with Crippen molar-refractivity contribution >= 4 is 11.8 Å². The second kappa shape index (κ2) is 6.89. The van der Waals surface area contributed by atoms with Crippen LogP contribution in [0.1, 0.15) is 16.8 Å². The van der Waals surface area contributed by atoms with Gasteiger partial charge in [0.2, 0.25) is 0 Å². The van der Waals surface area contributed by atoms with Gasteiger partial charge in [-0.15, -0.1) is 0 Å². The molecular weight excluding hydrogens is 313 g/mol. The zero-order valence-corrected chi connectivity index (χ0v) is 12.6. The smallest absolute Gasteiger partial charge is 0.471 e. The van der Waals surface area contributed by atoms with E-state index in [4.69, 9.17) is 4.74 Å². The SMILES string of the molecule is COc1ccc(C(=O)N2CCCN(C(=O)C(F)(F)F)CC2)cc1. The van der Waals surface area contributed by atoms with Crippen LogP contribution >= 0.6 is 0 Å². The number of rotatable bonds is 2. The predicted molar refractivity (Wildman–Crippen MR) is 76.1 cm³/mol. The first-order chi connectivity index (χ1) is 10.8. The van der Waals surface area contributed by atoms with Crippen LogP contribution in [-0.4, -0.2) is 61.1 Å². The van der Waals surface area contributed by atoms with Crippen LogP contribution in [0, 0.1) is 0 Å². The molecule has 1 aliphatic heterocycles. The van der Waals surface area contributed by atoms with Crippen LogP contribution in [0.2, 0.25) is 0 Å². The lowest BCUT2D eigenvalue weighted by Gasteiger charge is -2.23. The van der Waals surface area contributed by atoms with Gasteiger partial charge in [-0.05, 0) is 30.7 Å². The van der Waals surface area contributed by atoms with E-state index >= 15 is 0 Å². The van der Waals surface area contributed by atoms with E-state index in [0.29, 0.717) is 24.3 Å². The highest BCUT2D eigenvalue weighted by atomic mass is 19.4. The van der Waals surface area contributed by atoms with Crippen molar-refractivity contribution in [2.24, 2.45) is 0 Å². The Morgan fingerprint density at radius 2 is 1.57 bits per heavy atom. The van der Waals surface area contributed by atoms with Crippen molar-refractivity contribution in [3.05, 3.63) is 29.8 Å². The number of alkyl halides is 3. The van der Waals surface area contributed by atoms with E-state index in [9.17, 15) is 22.8 Å². The van der Waals surface area contributed by atoms with Crippen LogP contribution in [0.3, 0.4) is 0 Å². The molecule has 2 rings (SSSR count). The van der Waals surface area contributed by atoms with Gasteiger partial charge in [-0.2, -0.15) is 13.2 Å². The monoisotopic (exact) mass is 330 g/mol. The molecule has 0 N–H and O–H groups in total. The van der Waals surface area contributed by atoms with Gasteiger partial charge in [0.05, 0.1) is 7.11 Å². The van der Waals surface area contributed by atoms with Gasteiger partial charge in [0.25, 0.3) is 5.91 Å².